The van der Waals surface area contributed by atoms with E-state index in [0.717, 1.165) is 5.56 Å². The molecule has 0 saturated carbocycles. The maximum Gasteiger partial charge on any atom is 0.277 e. The molecule has 29 heavy (non-hydrogen) atoms. The van der Waals surface area contributed by atoms with Gasteiger partial charge in [0.2, 0.25) is 0 Å². The van der Waals surface area contributed by atoms with Gasteiger partial charge in [0.05, 0.1) is 5.02 Å². The highest BCUT2D eigenvalue weighted by Crippen LogP contribution is 2.29. The molecule has 0 fully saturated rings. The van der Waals surface area contributed by atoms with Crippen LogP contribution in [-0.2, 0) is 5.41 Å². The van der Waals surface area contributed by atoms with E-state index in [1.54, 1.807) is 18.2 Å². The molecule has 0 bridgehead atoms. The Labute approximate surface area is 174 Å². The zero-order valence-corrected chi connectivity index (χ0v) is 17.4. The van der Waals surface area contributed by atoms with Crippen molar-refractivity contribution in [2.45, 2.75) is 39.2 Å². The van der Waals surface area contributed by atoms with E-state index in [1.807, 2.05) is 45.9 Å². The summed E-state index contributed by atoms with van der Waals surface area (Å²) >= 11 is 5.96. The van der Waals surface area contributed by atoms with Crippen LogP contribution in [-0.4, -0.2) is 16.0 Å². The summed E-state index contributed by atoms with van der Waals surface area (Å²) < 4.78 is 11.2. The van der Waals surface area contributed by atoms with Crippen molar-refractivity contribution in [3.8, 4) is 5.75 Å². The highest BCUT2D eigenvalue weighted by atomic mass is 35.5. The average molecular weight is 415 g/mol. The smallest absolute Gasteiger partial charge is 0.277 e. The van der Waals surface area contributed by atoms with Crippen LogP contribution in [0.2, 0.25) is 5.02 Å². The Kier molecular flexibility index (Phi) is 5.79. The Morgan fingerprint density at radius 2 is 2.03 bits per heavy atom. The van der Waals surface area contributed by atoms with Gasteiger partial charge in [-0.3, -0.25) is 4.79 Å². The normalized spacial score (nSPS) is 12.4. The number of amides is 1. The third-order valence-corrected chi connectivity index (χ3v) is 4.45. The number of rotatable bonds is 5. The van der Waals surface area contributed by atoms with Crippen molar-refractivity contribution in [2.24, 2.45) is 0 Å². The van der Waals surface area contributed by atoms with E-state index in [-0.39, 0.29) is 28.9 Å². The van der Waals surface area contributed by atoms with Crippen molar-refractivity contribution < 1.29 is 14.1 Å². The van der Waals surface area contributed by atoms with Crippen LogP contribution in [0.15, 0.2) is 47.1 Å². The molecular weight excluding hydrogens is 392 g/mol. The molecule has 0 aliphatic rings. The Morgan fingerprint density at radius 1 is 1.28 bits per heavy atom. The van der Waals surface area contributed by atoms with Crippen LogP contribution in [0.3, 0.4) is 0 Å². The van der Waals surface area contributed by atoms with Crippen molar-refractivity contribution >= 4 is 29.0 Å². The maximum absolute atomic E-state index is 12.5. The molecule has 152 valence electrons. The lowest BCUT2D eigenvalue weighted by Crippen LogP contribution is -2.13. The summed E-state index contributed by atoms with van der Waals surface area (Å²) in [5.41, 5.74) is 7.30. The van der Waals surface area contributed by atoms with Crippen LogP contribution in [0.4, 0.5) is 11.5 Å². The number of nitrogen functional groups attached to an aromatic ring is 1. The molecule has 0 spiro atoms. The first-order valence-electron chi connectivity index (χ1n) is 9.09. The summed E-state index contributed by atoms with van der Waals surface area (Å²) in [7, 11) is 0. The highest BCUT2D eigenvalue weighted by Gasteiger charge is 2.22. The third kappa shape index (κ3) is 5.06. The van der Waals surface area contributed by atoms with Gasteiger partial charge >= 0.3 is 0 Å². The van der Waals surface area contributed by atoms with Crippen LogP contribution < -0.4 is 15.8 Å². The molecule has 1 aromatic carbocycles. The highest BCUT2D eigenvalue weighted by molar-refractivity contribution is 6.30. The molecule has 8 heteroatoms. The number of halogens is 1. The van der Waals surface area contributed by atoms with E-state index in [4.69, 9.17) is 26.6 Å². The quantitative estimate of drug-likeness (QED) is 0.609. The number of benzene rings is 1. The Hall–Kier alpha value is -3.06. The topological polar surface area (TPSA) is 103 Å². The molecular formula is C21H23ClN4O3. The van der Waals surface area contributed by atoms with Gasteiger partial charge in [-0.25, -0.2) is 4.98 Å². The number of hydrogen-bond donors (Lipinski definition) is 2. The minimum atomic E-state index is -0.349. The van der Waals surface area contributed by atoms with Gasteiger partial charge < -0.3 is 20.3 Å². The Bertz CT molecular complexity index is 1030. The van der Waals surface area contributed by atoms with Gasteiger partial charge in [-0.05, 0) is 24.6 Å². The van der Waals surface area contributed by atoms with Gasteiger partial charge in [0.25, 0.3) is 5.91 Å². The third-order valence-electron chi connectivity index (χ3n) is 4.25. The summed E-state index contributed by atoms with van der Waals surface area (Å²) in [5, 5.41) is 7.13. The van der Waals surface area contributed by atoms with E-state index >= 15 is 0 Å². The summed E-state index contributed by atoms with van der Waals surface area (Å²) in [6.45, 7) is 7.83. The number of pyridine rings is 1. The molecule has 1 unspecified atom stereocenters. The number of ether oxygens (including phenoxy) is 1. The second kappa shape index (κ2) is 8.13. The number of anilines is 2. The summed E-state index contributed by atoms with van der Waals surface area (Å²) in [6.07, 6.45) is 1.12. The zero-order chi connectivity index (χ0) is 21.2. The number of nitrogens with one attached hydrogen (secondary N) is 1. The van der Waals surface area contributed by atoms with Crippen LogP contribution in [0.5, 0.6) is 5.75 Å². The second-order valence-corrected chi connectivity index (χ2v) is 8.14. The number of carbonyl (C=O) groups is 1. The molecule has 2 heterocycles. The minimum absolute atomic E-state index is 0.224. The molecule has 1 atom stereocenters. The van der Waals surface area contributed by atoms with Crippen LogP contribution >= 0.6 is 11.6 Å². The second-order valence-electron chi connectivity index (χ2n) is 7.70. The summed E-state index contributed by atoms with van der Waals surface area (Å²) in [6, 6.07) is 10.6. The lowest BCUT2D eigenvalue weighted by Gasteiger charge is -2.17. The summed E-state index contributed by atoms with van der Waals surface area (Å²) in [5.74, 6) is 0.951. The van der Waals surface area contributed by atoms with Crippen molar-refractivity contribution in [1.29, 1.82) is 0 Å². The fourth-order valence-electron chi connectivity index (χ4n) is 2.58. The minimum Gasteiger partial charge on any atom is -0.482 e. The van der Waals surface area contributed by atoms with Crippen molar-refractivity contribution in [3.63, 3.8) is 0 Å². The van der Waals surface area contributed by atoms with Gasteiger partial charge in [0.1, 0.15) is 11.9 Å². The van der Waals surface area contributed by atoms with E-state index < -0.39 is 0 Å². The molecule has 0 radical (unpaired) electrons. The molecule has 0 saturated heterocycles. The first kappa shape index (κ1) is 20.7. The molecule has 3 rings (SSSR count). The average Bonchev–Trinajstić information content (AvgIpc) is 3.16. The Morgan fingerprint density at radius 3 is 2.72 bits per heavy atom. The van der Waals surface area contributed by atoms with Gasteiger partial charge in [-0.15, -0.1) is 0 Å². The van der Waals surface area contributed by atoms with Gasteiger partial charge in [-0.2, -0.15) is 0 Å². The van der Waals surface area contributed by atoms with Crippen LogP contribution in [0.1, 0.15) is 55.6 Å². The number of nitrogens with zero attached hydrogens (tertiary/aromatic N) is 2. The molecule has 0 aliphatic carbocycles. The van der Waals surface area contributed by atoms with Crippen LogP contribution in [0.25, 0.3) is 0 Å². The molecule has 1 amide bonds. The predicted octanol–water partition coefficient (Wildman–Crippen LogP) is 5.00. The number of hydrogen-bond acceptors (Lipinski definition) is 6. The fraction of sp³-hybridized carbons (Fsp3) is 0.286. The summed E-state index contributed by atoms with van der Waals surface area (Å²) in [4.78, 5) is 16.5. The zero-order valence-electron chi connectivity index (χ0n) is 16.7. The molecule has 2 aromatic heterocycles. The lowest BCUT2D eigenvalue weighted by molar-refractivity contribution is 0.101. The van der Waals surface area contributed by atoms with Crippen molar-refractivity contribution in [1.82, 2.24) is 10.1 Å². The fourth-order valence-corrected chi connectivity index (χ4v) is 2.73. The van der Waals surface area contributed by atoms with E-state index in [2.05, 4.69) is 15.5 Å². The lowest BCUT2D eigenvalue weighted by atomic mass is 9.93. The van der Waals surface area contributed by atoms with Crippen molar-refractivity contribution in [2.75, 3.05) is 11.1 Å². The van der Waals surface area contributed by atoms with E-state index in [9.17, 15) is 4.79 Å². The van der Waals surface area contributed by atoms with Crippen LogP contribution in [0, 0.1) is 0 Å². The van der Waals surface area contributed by atoms with E-state index in [0.29, 0.717) is 22.2 Å². The first-order valence-corrected chi connectivity index (χ1v) is 9.47. The largest absolute Gasteiger partial charge is 0.482 e. The molecule has 3 N–H and O–H groups in total. The maximum atomic E-state index is 12.5. The monoisotopic (exact) mass is 414 g/mol. The number of nitrogens with two attached hydrogens (primary N) is 1. The van der Waals surface area contributed by atoms with E-state index in [1.165, 1.54) is 6.20 Å². The van der Waals surface area contributed by atoms with Gasteiger partial charge in [0, 0.05) is 29.4 Å². The standard InChI is InChI=1S/C21H23ClN4O3/c1-12(28-17-9-14(22)11-24-19(17)23)13-6-5-7-15(8-13)25-20(27)16-10-18(29-26-16)21(2,3)4/h5-12H,1-4H3,(H2,23,24)(H,25,27). The van der Waals surface area contributed by atoms with Gasteiger partial charge in [0.15, 0.2) is 17.3 Å². The Balaban J connectivity index is 1.72. The van der Waals surface area contributed by atoms with Gasteiger partial charge in [-0.1, -0.05) is 49.7 Å². The van der Waals surface area contributed by atoms with Crippen molar-refractivity contribution in [3.05, 3.63) is 64.6 Å². The molecule has 7 nitrogen and oxygen atoms in total. The molecule has 0 aliphatic heterocycles. The number of aromatic nitrogens is 2. The molecule has 3 aromatic rings. The SMILES string of the molecule is CC(Oc1cc(Cl)cnc1N)c1cccc(NC(=O)c2cc(C(C)(C)C)on2)c1. The predicted molar refractivity (Wildman–Crippen MR) is 112 cm³/mol. The number of carbonyl (C=O) groups excluding carboxylic acids is 1. The first-order chi connectivity index (χ1) is 13.6.